The topological polar surface area (TPSA) is 62.2 Å². The van der Waals surface area contributed by atoms with E-state index in [2.05, 4.69) is 26.2 Å². The fourth-order valence-electron chi connectivity index (χ4n) is 1.67. The van der Waals surface area contributed by atoms with Crippen molar-refractivity contribution in [2.45, 2.75) is 18.6 Å². The second kappa shape index (κ2) is 6.66. The van der Waals surface area contributed by atoms with Crippen molar-refractivity contribution in [3.63, 3.8) is 0 Å². The molecule has 0 radical (unpaired) electrons. The number of thiazole rings is 1. The second-order valence-electron chi connectivity index (χ2n) is 4.40. The summed E-state index contributed by atoms with van der Waals surface area (Å²) in [6.45, 7) is 0. The molecule has 0 saturated heterocycles. The molecule has 0 aliphatic heterocycles. The van der Waals surface area contributed by atoms with Gasteiger partial charge in [-0.15, -0.1) is 11.3 Å². The lowest BCUT2D eigenvalue weighted by Gasteiger charge is -2.15. The van der Waals surface area contributed by atoms with Crippen molar-refractivity contribution in [3.05, 3.63) is 34.1 Å². The van der Waals surface area contributed by atoms with Gasteiger partial charge in [0.25, 0.3) is 0 Å². The number of halogens is 4. The molecule has 0 saturated carbocycles. The van der Waals surface area contributed by atoms with Crippen LogP contribution in [0.15, 0.2) is 34.1 Å². The minimum atomic E-state index is -4.57. The van der Waals surface area contributed by atoms with Crippen LogP contribution in [0.4, 0.5) is 18.3 Å². The number of carbonyl (C=O) groups is 1. The SMILES string of the molecule is O=C(O)C(CC(F)(F)F)Nc1nc(-c2ccc(Br)cc2)cs1. The number of nitrogens with zero attached hydrogens (tertiary/aromatic N) is 1. The highest BCUT2D eigenvalue weighted by atomic mass is 79.9. The van der Waals surface area contributed by atoms with Crippen molar-refractivity contribution >= 4 is 38.4 Å². The molecule has 118 valence electrons. The second-order valence-corrected chi connectivity index (χ2v) is 6.17. The van der Waals surface area contributed by atoms with Crippen molar-refractivity contribution in [2.24, 2.45) is 0 Å². The van der Waals surface area contributed by atoms with Gasteiger partial charge in [-0.1, -0.05) is 28.1 Å². The largest absolute Gasteiger partial charge is 0.480 e. The first kappa shape index (κ1) is 16.8. The summed E-state index contributed by atoms with van der Waals surface area (Å²) in [6.07, 6.45) is -6.03. The summed E-state index contributed by atoms with van der Waals surface area (Å²) >= 11 is 4.35. The number of carboxylic acids is 1. The van der Waals surface area contributed by atoms with Crippen LogP contribution < -0.4 is 5.32 Å². The van der Waals surface area contributed by atoms with E-state index in [4.69, 9.17) is 5.11 Å². The molecule has 1 heterocycles. The number of carboxylic acid groups (broad SMARTS) is 1. The van der Waals surface area contributed by atoms with Gasteiger partial charge in [0.15, 0.2) is 5.13 Å². The molecule has 0 spiro atoms. The smallest absolute Gasteiger partial charge is 0.391 e. The Hall–Kier alpha value is -1.61. The van der Waals surface area contributed by atoms with Crippen molar-refractivity contribution in [3.8, 4) is 11.3 Å². The molecule has 2 rings (SSSR count). The number of nitrogens with one attached hydrogen (secondary N) is 1. The molecule has 2 aromatic rings. The van der Waals surface area contributed by atoms with Gasteiger partial charge in [-0.2, -0.15) is 13.2 Å². The molecule has 4 nitrogen and oxygen atoms in total. The lowest BCUT2D eigenvalue weighted by Crippen LogP contribution is -2.34. The van der Waals surface area contributed by atoms with Gasteiger partial charge in [0, 0.05) is 15.4 Å². The quantitative estimate of drug-likeness (QED) is 0.789. The predicted octanol–water partition coefficient (Wildman–Crippen LogP) is 4.39. The Morgan fingerprint density at radius 3 is 2.55 bits per heavy atom. The summed E-state index contributed by atoms with van der Waals surface area (Å²) in [5, 5.41) is 13.0. The van der Waals surface area contributed by atoms with Gasteiger partial charge >= 0.3 is 12.1 Å². The zero-order valence-corrected chi connectivity index (χ0v) is 13.3. The highest BCUT2D eigenvalue weighted by Gasteiger charge is 2.35. The summed E-state index contributed by atoms with van der Waals surface area (Å²) in [5.41, 5.74) is 1.35. The van der Waals surface area contributed by atoms with Gasteiger partial charge < -0.3 is 10.4 Å². The molecule has 22 heavy (non-hydrogen) atoms. The zero-order chi connectivity index (χ0) is 16.3. The van der Waals surface area contributed by atoms with Gasteiger partial charge in [0.2, 0.25) is 0 Å². The minimum absolute atomic E-state index is 0.134. The van der Waals surface area contributed by atoms with E-state index in [1.165, 1.54) is 0 Å². The van der Waals surface area contributed by atoms with Crippen LogP contribution in [-0.2, 0) is 4.79 Å². The van der Waals surface area contributed by atoms with E-state index >= 15 is 0 Å². The van der Waals surface area contributed by atoms with Gasteiger partial charge in [-0.25, -0.2) is 9.78 Å². The maximum absolute atomic E-state index is 12.4. The van der Waals surface area contributed by atoms with Crippen LogP contribution in [0.1, 0.15) is 6.42 Å². The van der Waals surface area contributed by atoms with E-state index < -0.39 is 24.6 Å². The maximum Gasteiger partial charge on any atom is 0.391 e. The molecule has 1 unspecified atom stereocenters. The van der Waals surface area contributed by atoms with E-state index in [1.54, 1.807) is 17.5 Å². The van der Waals surface area contributed by atoms with Crippen LogP contribution in [-0.4, -0.2) is 28.3 Å². The van der Waals surface area contributed by atoms with Gasteiger partial charge in [-0.3, -0.25) is 0 Å². The maximum atomic E-state index is 12.4. The fourth-order valence-corrected chi connectivity index (χ4v) is 2.71. The molecule has 0 amide bonds. The third-order valence-corrected chi connectivity index (χ3v) is 3.98. The molecule has 9 heteroatoms. The van der Waals surface area contributed by atoms with Crippen LogP contribution in [0.2, 0.25) is 0 Å². The zero-order valence-electron chi connectivity index (χ0n) is 10.9. The number of hydrogen-bond acceptors (Lipinski definition) is 4. The lowest BCUT2D eigenvalue weighted by molar-refractivity contribution is -0.154. The summed E-state index contributed by atoms with van der Waals surface area (Å²) in [4.78, 5) is 15.0. The third-order valence-electron chi connectivity index (χ3n) is 2.68. The molecule has 0 fully saturated rings. The van der Waals surface area contributed by atoms with Crippen LogP contribution >= 0.6 is 27.3 Å². The van der Waals surface area contributed by atoms with E-state index in [-0.39, 0.29) is 5.13 Å². The number of anilines is 1. The molecular weight excluding hydrogens is 385 g/mol. The molecule has 0 aliphatic carbocycles. The highest BCUT2D eigenvalue weighted by molar-refractivity contribution is 9.10. The summed E-state index contributed by atoms with van der Waals surface area (Å²) in [5.74, 6) is -1.57. The van der Waals surface area contributed by atoms with Crippen molar-refractivity contribution in [1.82, 2.24) is 4.98 Å². The van der Waals surface area contributed by atoms with Crippen molar-refractivity contribution in [1.29, 1.82) is 0 Å². The van der Waals surface area contributed by atoms with Crippen LogP contribution in [0.3, 0.4) is 0 Å². The van der Waals surface area contributed by atoms with Gasteiger partial charge in [-0.05, 0) is 12.1 Å². The molecular formula is C13H10BrF3N2O2S. The first-order valence-corrected chi connectivity index (χ1v) is 7.69. The number of aromatic nitrogens is 1. The predicted molar refractivity (Wildman–Crippen MR) is 81.0 cm³/mol. The standard InChI is InChI=1S/C13H10BrF3N2O2S/c14-8-3-1-7(2-4-8)10-6-22-12(19-10)18-9(11(20)21)5-13(15,16)17/h1-4,6,9H,5H2,(H,18,19)(H,20,21). The first-order valence-electron chi connectivity index (χ1n) is 6.02. The van der Waals surface area contributed by atoms with Crippen LogP contribution in [0.25, 0.3) is 11.3 Å². The Bertz CT molecular complexity index is 658. The highest BCUT2D eigenvalue weighted by Crippen LogP contribution is 2.28. The molecule has 0 bridgehead atoms. The van der Waals surface area contributed by atoms with Gasteiger partial charge in [0.05, 0.1) is 12.1 Å². The van der Waals surface area contributed by atoms with E-state index in [0.29, 0.717) is 5.69 Å². The van der Waals surface area contributed by atoms with Crippen LogP contribution in [0.5, 0.6) is 0 Å². The molecule has 2 N–H and O–H groups in total. The monoisotopic (exact) mass is 394 g/mol. The van der Waals surface area contributed by atoms with Gasteiger partial charge in [0.1, 0.15) is 6.04 Å². The summed E-state index contributed by atoms with van der Waals surface area (Å²) in [7, 11) is 0. The molecule has 1 aromatic carbocycles. The number of rotatable bonds is 5. The average molecular weight is 395 g/mol. The van der Waals surface area contributed by atoms with Crippen molar-refractivity contribution < 1.29 is 23.1 Å². The van der Waals surface area contributed by atoms with E-state index in [1.807, 2.05) is 12.1 Å². The normalized spacial score (nSPS) is 12.9. The third kappa shape index (κ3) is 4.70. The molecule has 1 atom stereocenters. The van der Waals surface area contributed by atoms with Crippen LogP contribution in [0, 0.1) is 0 Å². The fraction of sp³-hybridized carbons (Fsp3) is 0.231. The Kier molecular flexibility index (Phi) is 5.07. The number of aliphatic carboxylic acids is 1. The Morgan fingerprint density at radius 1 is 1.36 bits per heavy atom. The summed E-state index contributed by atoms with van der Waals surface area (Å²) in [6, 6.07) is 5.46. The first-order chi connectivity index (χ1) is 10.2. The van der Waals surface area contributed by atoms with E-state index in [9.17, 15) is 18.0 Å². The molecule has 0 aliphatic rings. The Balaban J connectivity index is 2.13. The van der Waals surface area contributed by atoms with Crippen molar-refractivity contribution in [2.75, 3.05) is 5.32 Å². The number of alkyl halides is 3. The minimum Gasteiger partial charge on any atom is -0.480 e. The Labute approximate surface area is 136 Å². The average Bonchev–Trinajstić information content (AvgIpc) is 2.85. The Morgan fingerprint density at radius 2 is 2.00 bits per heavy atom. The lowest BCUT2D eigenvalue weighted by atomic mass is 10.2. The number of hydrogen-bond donors (Lipinski definition) is 2. The van der Waals surface area contributed by atoms with E-state index in [0.717, 1.165) is 21.4 Å². The number of benzene rings is 1. The molecule has 1 aromatic heterocycles. The summed E-state index contributed by atoms with van der Waals surface area (Å²) < 4.78 is 37.9.